The van der Waals surface area contributed by atoms with Gasteiger partial charge in [-0.2, -0.15) is 0 Å². The van der Waals surface area contributed by atoms with Gasteiger partial charge >= 0.3 is 6.03 Å². The van der Waals surface area contributed by atoms with Gasteiger partial charge in [0.25, 0.3) is 5.91 Å². The van der Waals surface area contributed by atoms with E-state index in [9.17, 15) is 19.5 Å². The monoisotopic (exact) mass is 329 g/mol. The maximum atomic E-state index is 13.1. The van der Waals surface area contributed by atoms with E-state index in [0.717, 1.165) is 4.90 Å². The molecule has 7 nitrogen and oxygen atoms in total. The Balaban J connectivity index is 2.24. The van der Waals surface area contributed by atoms with Crippen molar-refractivity contribution in [2.75, 3.05) is 20.6 Å². The molecule has 2 heterocycles. The van der Waals surface area contributed by atoms with E-state index < -0.39 is 23.7 Å². The molecule has 0 saturated carbocycles. The van der Waals surface area contributed by atoms with Crippen LogP contribution in [0.4, 0.5) is 4.79 Å². The number of rotatable bonds is 2. The molecule has 0 aromatic heterocycles. The number of carbonyl (C=O) groups excluding carboxylic acids is 3. The lowest BCUT2D eigenvalue weighted by molar-refractivity contribution is -0.162. The highest BCUT2D eigenvalue weighted by molar-refractivity contribution is 6.18. The smallest absolute Gasteiger partial charge is 0.328 e. The fourth-order valence-electron chi connectivity index (χ4n) is 3.46. The first-order valence-electron chi connectivity index (χ1n) is 7.69. The maximum Gasteiger partial charge on any atom is 0.328 e. The second-order valence-electron chi connectivity index (χ2n) is 5.89. The highest BCUT2D eigenvalue weighted by Gasteiger charge is 2.64. The van der Waals surface area contributed by atoms with Crippen LogP contribution in [0, 0.1) is 0 Å². The molecule has 1 fully saturated rings. The molecule has 1 aromatic carbocycles. The normalized spacial score (nSPS) is 27.3. The number of imide groups is 1. The predicted molar refractivity (Wildman–Crippen MR) is 86.5 cm³/mol. The van der Waals surface area contributed by atoms with E-state index in [2.05, 4.69) is 0 Å². The largest absolute Gasteiger partial charge is 0.370 e. The number of aliphatic hydroxyl groups excluding tert-OH is 1. The first kappa shape index (κ1) is 16.2. The Morgan fingerprint density at radius 1 is 1.12 bits per heavy atom. The molecule has 2 unspecified atom stereocenters. The molecule has 0 aliphatic carbocycles. The SMILES string of the molecule is CCN1C(=O)N(C)C(=O)C2(C(c3ccccc3)=CC(=O)N2C)C1O. The molecule has 0 bridgehead atoms. The van der Waals surface area contributed by atoms with E-state index >= 15 is 0 Å². The van der Waals surface area contributed by atoms with Gasteiger partial charge in [-0.05, 0) is 12.5 Å². The number of urea groups is 1. The molecule has 1 N–H and O–H groups in total. The number of amides is 4. The lowest BCUT2D eigenvalue weighted by Crippen LogP contribution is -2.74. The molecule has 126 valence electrons. The molecule has 3 rings (SSSR count). The first-order chi connectivity index (χ1) is 11.4. The highest BCUT2D eigenvalue weighted by Crippen LogP contribution is 2.44. The molecule has 4 amide bonds. The molecule has 1 spiro atoms. The summed E-state index contributed by atoms with van der Waals surface area (Å²) < 4.78 is 0. The van der Waals surface area contributed by atoms with Gasteiger partial charge in [0.1, 0.15) is 0 Å². The van der Waals surface area contributed by atoms with Crippen molar-refractivity contribution in [3.63, 3.8) is 0 Å². The van der Waals surface area contributed by atoms with Gasteiger partial charge in [0.15, 0.2) is 11.8 Å². The van der Waals surface area contributed by atoms with Gasteiger partial charge in [0.05, 0.1) is 0 Å². The average molecular weight is 329 g/mol. The quantitative estimate of drug-likeness (QED) is 0.857. The van der Waals surface area contributed by atoms with Crippen molar-refractivity contribution >= 4 is 23.4 Å². The Bertz CT molecular complexity index is 745. The van der Waals surface area contributed by atoms with Gasteiger partial charge < -0.3 is 10.0 Å². The number of nitrogens with zero attached hydrogens (tertiary/aromatic N) is 3. The van der Waals surface area contributed by atoms with E-state index in [1.54, 1.807) is 31.2 Å². The molecule has 7 heteroatoms. The van der Waals surface area contributed by atoms with Crippen molar-refractivity contribution in [3.8, 4) is 0 Å². The second kappa shape index (κ2) is 5.45. The van der Waals surface area contributed by atoms with Crippen molar-refractivity contribution in [2.45, 2.75) is 18.7 Å². The average Bonchev–Trinajstić information content (AvgIpc) is 2.86. The molecular formula is C17H19N3O4. The van der Waals surface area contributed by atoms with Crippen LogP contribution in [0.2, 0.25) is 0 Å². The van der Waals surface area contributed by atoms with Crippen LogP contribution in [0.15, 0.2) is 36.4 Å². The Morgan fingerprint density at radius 2 is 1.75 bits per heavy atom. The fraction of sp³-hybridized carbons (Fsp3) is 0.353. The molecule has 2 aliphatic rings. The van der Waals surface area contributed by atoms with Crippen LogP contribution in [0.3, 0.4) is 0 Å². The van der Waals surface area contributed by atoms with Crippen LogP contribution in [-0.2, 0) is 9.59 Å². The number of likely N-dealkylation sites (N-methyl/N-ethyl adjacent to an activating group) is 3. The summed E-state index contributed by atoms with van der Waals surface area (Å²) in [5.41, 5.74) is -0.593. The molecule has 1 aromatic rings. The van der Waals surface area contributed by atoms with Crippen LogP contribution in [-0.4, -0.2) is 70.1 Å². The first-order valence-corrected chi connectivity index (χ1v) is 7.69. The topological polar surface area (TPSA) is 81.2 Å². The summed E-state index contributed by atoms with van der Waals surface area (Å²) >= 11 is 0. The Morgan fingerprint density at radius 3 is 2.33 bits per heavy atom. The Labute approximate surface area is 139 Å². The summed E-state index contributed by atoms with van der Waals surface area (Å²) in [6.07, 6.45) is -0.102. The third kappa shape index (κ3) is 1.85. The minimum Gasteiger partial charge on any atom is -0.370 e. The van der Waals surface area contributed by atoms with Gasteiger partial charge in [0.2, 0.25) is 5.91 Å². The van der Waals surface area contributed by atoms with Crippen molar-refractivity contribution in [3.05, 3.63) is 42.0 Å². The zero-order valence-corrected chi connectivity index (χ0v) is 13.8. The van der Waals surface area contributed by atoms with Gasteiger partial charge in [-0.1, -0.05) is 30.3 Å². The van der Waals surface area contributed by atoms with Gasteiger partial charge in [-0.25, -0.2) is 4.79 Å². The van der Waals surface area contributed by atoms with Crippen molar-refractivity contribution in [2.24, 2.45) is 0 Å². The van der Waals surface area contributed by atoms with Crippen LogP contribution in [0.25, 0.3) is 5.57 Å². The summed E-state index contributed by atoms with van der Waals surface area (Å²) in [7, 11) is 2.83. The fourth-order valence-corrected chi connectivity index (χ4v) is 3.46. The summed E-state index contributed by atoms with van der Waals surface area (Å²) in [5.74, 6) is -1.01. The summed E-state index contributed by atoms with van der Waals surface area (Å²) in [5, 5.41) is 10.9. The molecule has 2 atom stereocenters. The zero-order chi connectivity index (χ0) is 17.6. The van der Waals surface area contributed by atoms with E-state index in [0.29, 0.717) is 11.1 Å². The number of hydrogen-bond acceptors (Lipinski definition) is 4. The summed E-state index contributed by atoms with van der Waals surface area (Å²) in [6, 6.07) is 8.36. The molecular weight excluding hydrogens is 310 g/mol. The van der Waals surface area contributed by atoms with E-state index in [1.807, 2.05) is 6.07 Å². The molecule has 24 heavy (non-hydrogen) atoms. The number of hydrogen-bond donors (Lipinski definition) is 1. The van der Waals surface area contributed by atoms with Crippen LogP contribution in [0.5, 0.6) is 0 Å². The number of carbonyl (C=O) groups is 3. The van der Waals surface area contributed by atoms with Crippen LogP contribution < -0.4 is 0 Å². The third-order valence-corrected chi connectivity index (χ3v) is 4.80. The van der Waals surface area contributed by atoms with Gasteiger partial charge in [-0.3, -0.25) is 19.4 Å². The van der Waals surface area contributed by atoms with Crippen molar-refractivity contribution in [1.29, 1.82) is 0 Å². The zero-order valence-electron chi connectivity index (χ0n) is 13.8. The summed E-state index contributed by atoms with van der Waals surface area (Å²) in [6.45, 7) is 1.92. The van der Waals surface area contributed by atoms with E-state index in [1.165, 1.54) is 30.0 Å². The second-order valence-corrected chi connectivity index (χ2v) is 5.89. The minimum absolute atomic E-state index is 0.212. The number of benzene rings is 1. The van der Waals surface area contributed by atoms with Gasteiger partial charge in [0, 0.05) is 32.3 Å². The van der Waals surface area contributed by atoms with Crippen LogP contribution in [0.1, 0.15) is 12.5 Å². The van der Waals surface area contributed by atoms with E-state index in [-0.39, 0.29) is 12.5 Å². The maximum absolute atomic E-state index is 13.1. The minimum atomic E-state index is -1.64. The lowest BCUT2D eigenvalue weighted by atomic mass is 9.81. The number of aliphatic hydroxyl groups is 1. The highest BCUT2D eigenvalue weighted by atomic mass is 16.3. The van der Waals surface area contributed by atoms with Crippen LogP contribution >= 0.6 is 0 Å². The molecule has 0 radical (unpaired) electrons. The molecule has 1 saturated heterocycles. The van der Waals surface area contributed by atoms with Gasteiger partial charge in [-0.15, -0.1) is 0 Å². The van der Waals surface area contributed by atoms with E-state index in [4.69, 9.17) is 0 Å². The predicted octanol–water partition coefficient (Wildman–Crippen LogP) is 0.513. The summed E-state index contributed by atoms with van der Waals surface area (Å²) in [4.78, 5) is 41.1. The van der Waals surface area contributed by atoms with Crippen molar-refractivity contribution in [1.82, 2.24) is 14.7 Å². The lowest BCUT2D eigenvalue weighted by Gasteiger charge is -2.50. The standard InChI is InChI=1S/C17H19N3O4/c1-4-20-15(23)17(14(22)18(2)16(20)24)12(10-13(21)19(17)3)11-8-6-5-7-9-11/h5-10,15,23H,4H2,1-3H3. The third-order valence-electron chi connectivity index (χ3n) is 4.80. The molecule has 2 aliphatic heterocycles. The Kier molecular flexibility index (Phi) is 3.68. The Hall–Kier alpha value is -2.67. The van der Waals surface area contributed by atoms with Crippen molar-refractivity contribution < 1.29 is 19.5 Å².